The van der Waals surface area contributed by atoms with Gasteiger partial charge in [-0.15, -0.1) is 0 Å². The van der Waals surface area contributed by atoms with Crippen molar-refractivity contribution in [3.63, 3.8) is 0 Å². The van der Waals surface area contributed by atoms with E-state index < -0.39 is 29.8 Å². The van der Waals surface area contributed by atoms with Gasteiger partial charge in [-0.3, -0.25) is 9.69 Å². The Morgan fingerprint density at radius 3 is 2.69 bits per heavy atom. The van der Waals surface area contributed by atoms with Crippen molar-refractivity contribution in [3.05, 3.63) is 65.2 Å². The first-order chi connectivity index (χ1) is 17.1. The molecule has 3 N–H and O–H groups in total. The zero-order chi connectivity index (χ0) is 25.9. The van der Waals surface area contributed by atoms with Gasteiger partial charge in [0.2, 0.25) is 5.91 Å². The number of halogens is 4. The molecule has 3 aromatic rings. The predicted molar refractivity (Wildman–Crippen MR) is 120 cm³/mol. The molecule has 2 amide bonds. The summed E-state index contributed by atoms with van der Waals surface area (Å²) in [5.41, 5.74) is -0.160. The van der Waals surface area contributed by atoms with Crippen LogP contribution in [0.5, 0.6) is 0 Å². The Balaban J connectivity index is 1.52. The van der Waals surface area contributed by atoms with E-state index in [2.05, 4.69) is 26.0 Å². The molecule has 1 aliphatic rings. The van der Waals surface area contributed by atoms with Gasteiger partial charge in [0.1, 0.15) is 11.9 Å². The lowest BCUT2D eigenvalue weighted by Gasteiger charge is -2.17. The number of carbonyl (C=O) groups excluding carboxylic acids is 2. The van der Waals surface area contributed by atoms with E-state index in [1.165, 1.54) is 42.3 Å². The van der Waals surface area contributed by atoms with Crippen molar-refractivity contribution >= 4 is 17.7 Å². The molecule has 13 heteroatoms. The first-order valence-corrected chi connectivity index (χ1v) is 10.9. The quantitative estimate of drug-likeness (QED) is 0.404. The molecule has 0 unspecified atom stereocenters. The van der Waals surface area contributed by atoms with E-state index in [9.17, 15) is 22.8 Å². The molecule has 0 saturated carbocycles. The first kappa shape index (κ1) is 25.1. The maximum Gasteiger partial charge on any atom is 0.416 e. The topological polar surface area (TPSA) is 112 Å². The number of hydrogen-bond acceptors (Lipinski definition) is 6. The summed E-state index contributed by atoms with van der Waals surface area (Å²) in [6.07, 6.45) is -4.51. The minimum absolute atomic E-state index is 0.00297. The number of benzene rings is 2. The summed E-state index contributed by atoms with van der Waals surface area (Å²) in [6, 6.07) is 7.43. The molecule has 1 atom stereocenters. The third kappa shape index (κ3) is 5.79. The van der Waals surface area contributed by atoms with E-state index >= 15 is 4.39 Å². The Hall–Kier alpha value is -4.00. The lowest BCUT2D eigenvalue weighted by molar-refractivity contribution is -0.138. The Bertz CT molecular complexity index is 1250. The van der Waals surface area contributed by atoms with Crippen molar-refractivity contribution in [2.45, 2.75) is 32.3 Å². The molecule has 190 valence electrons. The van der Waals surface area contributed by atoms with Crippen molar-refractivity contribution in [1.82, 2.24) is 26.0 Å². The summed E-state index contributed by atoms with van der Waals surface area (Å²) in [7, 11) is 0. The number of hydrogen-bond donors (Lipinski definition) is 3. The molecule has 1 saturated heterocycles. The largest absolute Gasteiger partial charge is 0.442 e. The van der Waals surface area contributed by atoms with Crippen LogP contribution in [0.2, 0.25) is 0 Å². The zero-order valence-electron chi connectivity index (χ0n) is 19.0. The molecule has 2 heterocycles. The standard InChI is InChI=1S/C23H22F4N6O3/c1-13(34)29-11-18-12-33(22(35)36-18)17-4-5-19(21(24)7-17)14-2-3-15(20(6-14)23(25,26)27)8-28-9-16-10-30-32-31-16/h2-7,10,18,28H,8-9,11-12H2,1H3,(H,29,34)(H,30,31,32)/t18-/m0/s1. The molecular formula is C23H22F4N6O3. The van der Waals surface area contributed by atoms with Crippen LogP contribution >= 0.6 is 0 Å². The predicted octanol–water partition coefficient (Wildman–Crippen LogP) is 3.38. The summed E-state index contributed by atoms with van der Waals surface area (Å²) < 4.78 is 61.5. The van der Waals surface area contributed by atoms with Crippen molar-refractivity contribution in [3.8, 4) is 11.1 Å². The molecule has 1 fully saturated rings. The van der Waals surface area contributed by atoms with E-state index in [0.717, 1.165) is 12.1 Å². The van der Waals surface area contributed by atoms with Gasteiger partial charge in [-0.1, -0.05) is 12.1 Å². The molecule has 0 aliphatic carbocycles. The van der Waals surface area contributed by atoms with Crippen LogP contribution in [0.25, 0.3) is 11.1 Å². The number of amides is 2. The average molecular weight is 506 g/mol. The minimum Gasteiger partial charge on any atom is -0.442 e. The summed E-state index contributed by atoms with van der Waals surface area (Å²) in [5.74, 6) is -1.08. The maximum atomic E-state index is 15.0. The second-order valence-corrected chi connectivity index (χ2v) is 8.15. The third-order valence-corrected chi connectivity index (χ3v) is 5.53. The van der Waals surface area contributed by atoms with Gasteiger partial charge >= 0.3 is 12.3 Å². The maximum absolute atomic E-state index is 15.0. The van der Waals surface area contributed by atoms with Gasteiger partial charge in [-0.2, -0.15) is 28.6 Å². The average Bonchev–Trinajstić information content (AvgIpc) is 3.47. The van der Waals surface area contributed by atoms with Crippen molar-refractivity contribution < 1.29 is 31.9 Å². The number of anilines is 1. The Kier molecular flexibility index (Phi) is 7.20. The summed E-state index contributed by atoms with van der Waals surface area (Å²) in [6.45, 7) is 1.66. The molecule has 0 bridgehead atoms. The van der Waals surface area contributed by atoms with Gasteiger partial charge in [0.05, 0.1) is 36.2 Å². The lowest BCUT2D eigenvalue weighted by atomic mass is 9.98. The second kappa shape index (κ2) is 10.3. The summed E-state index contributed by atoms with van der Waals surface area (Å²) in [4.78, 5) is 24.4. The number of ether oxygens (including phenoxy) is 1. The SMILES string of the molecule is CC(=O)NC[C@H]1CN(c2ccc(-c3ccc(CNCc4cn[nH]n4)c(C(F)(F)F)c3)c(F)c2)C(=O)O1. The number of nitrogens with one attached hydrogen (secondary N) is 3. The minimum atomic E-state index is -4.65. The fraction of sp³-hybridized carbons (Fsp3) is 0.304. The number of nitrogens with zero attached hydrogens (tertiary/aromatic N) is 3. The number of cyclic esters (lactones) is 1. The zero-order valence-corrected chi connectivity index (χ0v) is 19.0. The molecule has 2 aromatic carbocycles. The second-order valence-electron chi connectivity index (χ2n) is 8.15. The van der Waals surface area contributed by atoms with Crippen LogP contribution < -0.4 is 15.5 Å². The molecular weight excluding hydrogens is 484 g/mol. The fourth-order valence-electron chi connectivity index (χ4n) is 3.80. The van der Waals surface area contributed by atoms with Gasteiger partial charge in [-0.05, 0) is 35.4 Å². The smallest absolute Gasteiger partial charge is 0.416 e. The van der Waals surface area contributed by atoms with Crippen molar-refractivity contribution in [2.75, 3.05) is 18.0 Å². The van der Waals surface area contributed by atoms with Crippen LogP contribution in [0.15, 0.2) is 42.6 Å². The van der Waals surface area contributed by atoms with E-state index in [-0.39, 0.29) is 54.5 Å². The van der Waals surface area contributed by atoms with Gasteiger partial charge in [0.25, 0.3) is 0 Å². The normalized spacial score (nSPS) is 15.8. The summed E-state index contributed by atoms with van der Waals surface area (Å²) >= 11 is 0. The Morgan fingerprint density at radius 2 is 2.03 bits per heavy atom. The molecule has 1 aromatic heterocycles. The van der Waals surface area contributed by atoms with Crippen LogP contribution in [0.4, 0.5) is 28.0 Å². The van der Waals surface area contributed by atoms with E-state index in [4.69, 9.17) is 4.74 Å². The molecule has 9 nitrogen and oxygen atoms in total. The van der Waals surface area contributed by atoms with Crippen LogP contribution in [0.1, 0.15) is 23.7 Å². The summed E-state index contributed by atoms with van der Waals surface area (Å²) in [5, 5.41) is 15.3. The monoisotopic (exact) mass is 506 g/mol. The first-order valence-electron chi connectivity index (χ1n) is 10.9. The number of aromatic nitrogens is 3. The van der Waals surface area contributed by atoms with Crippen molar-refractivity contribution in [1.29, 1.82) is 0 Å². The fourth-order valence-corrected chi connectivity index (χ4v) is 3.80. The van der Waals surface area contributed by atoms with Gasteiger partial charge < -0.3 is 15.4 Å². The van der Waals surface area contributed by atoms with Crippen LogP contribution in [0, 0.1) is 5.82 Å². The third-order valence-electron chi connectivity index (χ3n) is 5.53. The highest BCUT2D eigenvalue weighted by molar-refractivity contribution is 5.90. The van der Waals surface area contributed by atoms with Gasteiger partial charge in [0, 0.05) is 25.6 Å². The number of H-pyrrole nitrogens is 1. The van der Waals surface area contributed by atoms with Crippen LogP contribution in [-0.4, -0.2) is 46.6 Å². The van der Waals surface area contributed by atoms with E-state index in [1.807, 2.05) is 0 Å². The molecule has 1 aliphatic heterocycles. The Labute approximate surface area is 202 Å². The number of carbonyl (C=O) groups is 2. The number of rotatable bonds is 8. The number of aromatic amines is 1. The highest BCUT2D eigenvalue weighted by Gasteiger charge is 2.35. The van der Waals surface area contributed by atoms with E-state index in [0.29, 0.717) is 5.69 Å². The molecule has 36 heavy (non-hydrogen) atoms. The molecule has 0 spiro atoms. The molecule has 4 rings (SSSR count). The van der Waals surface area contributed by atoms with Crippen LogP contribution in [0.3, 0.4) is 0 Å². The van der Waals surface area contributed by atoms with Crippen molar-refractivity contribution in [2.24, 2.45) is 0 Å². The molecule has 0 radical (unpaired) electrons. The number of alkyl halides is 3. The van der Waals surface area contributed by atoms with E-state index in [1.54, 1.807) is 0 Å². The Morgan fingerprint density at radius 1 is 1.22 bits per heavy atom. The lowest BCUT2D eigenvalue weighted by Crippen LogP contribution is -2.33. The van der Waals surface area contributed by atoms with Gasteiger partial charge in [0.15, 0.2) is 0 Å². The van der Waals surface area contributed by atoms with Crippen LogP contribution in [-0.2, 0) is 28.8 Å². The highest BCUT2D eigenvalue weighted by atomic mass is 19.4. The highest BCUT2D eigenvalue weighted by Crippen LogP contribution is 2.36. The van der Waals surface area contributed by atoms with Gasteiger partial charge in [-0.25, -0.2) is 9.18 Å².